The standard InChI is InChI=1S/C8H15NO5/c10-4-2-1-3-9-7(11)5-14-6-8(12)13/h10H,1-6H2,(H,9,11)(H,12,13). The third-order valence-electron chi connectivity index (χ3n) is 1.37. The van der Waals surface area contributed by atoms with E-state index in [-0.39, 0.29) is 19.1 Å². The van der Waals surface area contributed by atoms with E-state index in [1.165, 1.54) is 0 Å². The van der Waals surface area contributed by atoms with Crippen LogP contribution in [-0.4, -0.2) is 48.5 Å². The average molecular weight is 205 g/mol. The molecule has 0 aliphatic rings. The molecule has 0 rings (SSSR count). The summed E-state index contributed by atoms with van der Waals surface area (Å²) in [5.41, 5.74) is 0. The van der Waals surface area contributed by atoms with Crippen molar-refractivity contribution >= 4 is 11.9 Å². The molecule has 0 fully saturated rings. The Morgan fingerprint density at radius 1 is 1.21 bits per heavy atom. The highest BCUT2D eigenvalue weighted by atomic mass is 16.5. The molecule has 3 N–H and O–H groups in total. The number of aliphatic hydroxyl groups excluding tert-OH is 1. The molecule has 0 saturated heterocycles. The molecular weight excluding hydrogens is 190 g/mol. The van der Waals surface area contributed by atoms with Crippen LogP contribution in [0.4, 0.5) is 0 Å². The van der Waals surface area contributed by atoms with Gasteiger partial charge < -0.3 is 20.3 Å². The fourth-order valence-electron chi connectivity index (χ4n) is 0.747. The van der Waals surface area contributed by atoms with Crippen LogP contribution in [0.15, 0.2) is 0 Å². The zero-order chi connectivity index (χ0) is 10.8. The maximum absolute atomic E-state index is 10.9. The fourth-order valence-corrected chi connectivity index (χ4v) is 0.747. The van der Waals surface area contributed by atoms with Crippen molar-refractivity contribution in [3.8, 4) is 0 Å². The Kier molecular flexibility index (Phi) is 7.77. The molecule has 0 aromatic rings. The quantitative estimate of drug-likeness (QED) is 0.441. The molecule has 0 radical (unpaired) electrons. The zero-order valence-corrected chi connectivity index (χ0v) is 7.86. The molecular formula is C8H15NO5. The topological polar surface area (TPSA) is 95.9 Å². The minimum atomic E-state index is -1.10. The van der Waals surface area contributed by atoms with Gasteiger partial charge in [0.05, 0.1) is 0 Å². The average Bonchev–Trinajstić information content (AvgIpc) is 2.12. The van der Waals surface area contributed by atoms with E-state index in [1.54, 1.807) is 0 Å². The van der Waals surface area contributed by atoms with Crippen molar-refractivity contribution in [1.82, 2.24) is 5.32 Å². The lowest BCUT2D eigenvalue weighted by atomic mass is 10.3. The van der Waals surface area contributed by atoms with Crippen molar-refractivity contribution < 1.29 is 24.5 Å². The van der Waals surface area contributed by atoms with E-state index in [4.69, 9.17) is 10.2 Å². The second kappa shape index (κ2) is 8.46. The number of carbonyl (C=O) groups is 2. The Morgan fingerprint density at radius 2 is 1.93 bits per heavy atom. The van der Waals surface area contributed by atoms with Gasteiger partial charge in [0, 0.05) is 13.2 Å². The van der Waals surface area contributed by atoms with Crippen LogP contribution in [0.3, 0.4) is 0 Å². The third kappa shape index (κ3) is 8.95. The molecule has 0 aromatic carbocycles. The summed E-state index contributed by atoms with van der Waals surface area (Å²) in [6.07, 6.45) is 1.33. The largest absolute Gasteiger partial charge is 0.480 e. The molecule has 0 unspecified atom stereocenters. The van der Waals surface area contributed by atoms with E-state index in [9.17, 15) is 9.59 Å². The van der Waals surface area contributed by atoms with Crippen LogP contribution >= 0.6 is 0 Å². The van der Waals surface area contributed by atoms with Crippen molar-refractivity contribution in [1.29, 1.82) is 0 Å². The SMILES string of the molecule is O=C(O)COCC(=O)NCCCCO. The Hall–Kier alpha value is -1.14. The molecule has 1 amide bonds. The molecule has 0 aliphatic heterocycles. The molecule has 0 saturated carbocycles. The van der Waals surface area contributed by atoms with E-state index >= 15 is 0 Å². The van der Waals surface area contributed by atoms with Gasteiger partial charge in [0.1, 0.15) is 13.2 Å². The van der Waals surface area contributed by atoms with Gasteiger partial charge in [-0.2, -0.15) is 0 Å². The van der Waals surface area contributed by atoms with Gasteiger partial charge >= 0.3 is 5.97 Å². The highest BCUT2D eigenvalue weighted by molar-refractivity contribution is 5.77. The summed E-state index contributed by atoms with van der Waals surface area (Å²) in [5.74, 6) is -1.44. The number of aliphatic hydroxyl groups is 1. The van der Waals surface area contributed by atoms with E-state index in [1.807, 2.05) is 0 Å². The fraction of sp³-hybridized carbons (Fsp3) is 0.750. The molecule has 6 nitrogen and oxygen atoms in total. The van der Waals surface area contributed by atoms with Crippen LogP contribution in [-0.2, 0) is 14.3 Å². The number of carboxylic acids is 1. The van der Waals surface area contributed by atoms with Crippen LogP contribution in [0.2, 0.25) is 0 Å². The predicted octanol–water partition coefficient (Wildman–Crippen LogP) is -1.02. The van der Waals surface area contributed by atoms with Gasteiger partial charge in [0.2, 0.25) is 5.91 Å². The summed E-state index contributed by atoms with van der Waals surface area (Å²) < 4.78 is 4.55. The van der Waals surface area contributed by atoms with Crippen LogP contribution in [0.25, 0.3) is 0 Å². The first kappa shape index (κ1) is 12.9. The summed E-state index contributed by atoms with van der Waals surface area (Å²) in [5, 5.41) is 19.1. The lowest BCUT2D eigenvalue weighted by Gasteiger charge is -2.03. The lowest BCUT2D eigenvalue weighted by molar-refractivity contribution is -0.143. The first-order chi connectivity index (χ1) is 6.66. The van der Waals surface area contributed by atoms with Crippen LogP contribution in [0.5, 0.6) is 0 Å². The highest BCUT2D eigenvalue weighted by Gasteiger charge is 2.02. The number of carboxylic acid groups (broad SMARTS) is 1. The second-order valence-corrected chi connectivity index (χ2v) is 2.67. The van der Waals surface area contributed by atoms with E-state index in [2.05, 4.69) is 10.1 Å². The Labute approximate surface area is 81.9 Å². The minimum Gasteiger partial charge on any atom is -0.480 e. The van der Waals surface area contributed by atoms with E-state index in [0.29, 0.717) is 19.4 Å². The van der Waals surface area contributed by atoms with Gasteiger partial charge in [0.15, 0.2) is 0 Å². The minimum absolute atomic E-state index is 0.103. The number of hydrogen-bond acceptors (Lipinski definition) is 4. The van der Waals surface area contributed by atoms with Crippen molar-refractivity contribution in [2.45, 2.75) is 12.8 Å². The van der Waals surface area contributed by atoms with Gasteiger partial charge in [-0.25, -0.2) is 4.79 Å². The Bertz CT molecular complexity index is 183. The molecule has 0 spiro atoms. The molecule has 0 atom stereocenters. The number of hydrogen-bond donors (Lipinski definition) is 3. The first-order valence-electron chi connectivity index (χ1n) is 4.34. The number of rotatable bonds is 8. The number of carbonyl (C=O) groups excluding carboxylic acids is 1. The molecule has 0 bridgehead atoms. The number of aliphatic carboxylic acids is 1. The molecule has 6 heteroatoms. The number of ether oxygens (including phenoxy) is 1. The monoisotopic (exact) mass is 205 g/mol. The third-order valence-corrected chi connectivity index (χ3v) is 1.37. The van der Waals surface area contributed by atoms with Gasteiger partial charge in [-0.1, -0.05) is 0 Å². The summed E-state index contributed by atoms with van der Waals surface area (Å²) in [7, 11) is 0. The van der Waals surface area contributed by atoms with Gasteiger partial charge in [-0.3, -0.25) is 4.79 Å². The van der Waals surface area contributed by atoms with Crippen molar-refractivity contribution in [3.63, 3.8) is 0 Å². The van der Waals surface area contributed by atoms with Gasteiger partial charge in [-0.05, 0) is 12.8 Å². The van der Waals surface area contributed by atoms with E-state index in [0.717, 1.165) is 0 Å². The Morgan fingerprint density at radius 3 is 2.50 bits per heavy atom. The molecule has 82 valence electrons. The van der Waals surface area contributed by atoms with Crippen molar-refractivity contribution in [2.75, 3.05) is 26.4 Å². The van der Waals surface area contributed by atoms with Crippen LogP contribution in [0.1, 0.15) is 12.8 Å². The number of unbranched alkanes of at least 4 members (excludes halogenated alkanes) is 1. The second-order valence-electron chi connectivity index (χ2n) is 2.67. The Balaban J connectivity index is 3.24. The maximum atomic E-state index is 10.9. The van der Waals surface area contributed by atoms with Crippen molar-refractivity contribution in [3.05, 3.63) is 0 Å². The number of amides is 1. The van der Waals surface area contributed by atoms with Crippen LogP contribution in [0, 0.1) is 0 Å². The first-order valence-corrected chi connectivity index (χ1v) is 4.34. The molecule has 0 heterocycles. The van der Waals surface area contributed by atoms with E-state index < -0.39 is 12.6 Å². The smallest absolute Gasteiger partial charge is 0.329 e. The summed E-state index contributed by atoms with van der Waals surface area (Å²) in [4.78, 5) is 20.9. The lowest BCUT2D eigenvalue weighted by Crippen LogP contribution is -2.29. The molecule has 0 aromatic heterocycles. The highest BCUT2D eigenvalue weighted by Crippen LogP contribution is 1.84. The molecule has 0 aliphatic carbocycles. The summed E-state index contributed by atoms with van der Waals surface area (Å²) >= 11 is 0. The van der Waals surface area contributed by atoms with Crippen molar-refractivity contribution in [2.24, 2.45) is 0 Å². The number of nitrogens with one attached hydrogen (secondary N) is 1. The molecule has 14 heavy (non-hydrogen) atoms. The van der Waals surface area contributed by atoms with Gasteiger partial charge in [0.25, 0.3) is 0 Å². The van der Waals surface area contributed by atoms with Crippen LogP contribution < -0.4 is 5.32 Å². The van der Waals surface area contributed by atoms with Gasteiger partial charge in [-0.15, -0.1) is 0 Å². The predicted molar refractivity (Wildman–Crippen MR) is 47.8 cm³/mol. The normalized spacial score (nSPS) is 9.79. The maximum Gasteiger partial charge on any atom is 0.329 e. The summed E-state index contributed by atoms with van der Waals surface area (Å²) in [6.45, 7) is -0.142. The zero-order valence-electron chi connectivity index (χ0n) is 7.86. The summed E-state index contributed by atoms with van der Waals surface area (Å²) in [6, 6.07) is 0.